The van der Waals surface area contributed by atoms with E-state index >= 15 is 0 Å². The predicted molar refractivity (Wildman–Crippen MR) is 71.7 cm³/mol. The van der Waals surface area contributed by atoms with E-state index in [0.29, 0.717) is 5.75 Å². The Morgan fingerprint density at radius 1 is 1.42 bits per heavy atom. The normalized spacial score (nSPS) is 15.5. The summed E-state index contributed by atoms with van der Waals surface area (Å²) in [5, 5.41) is 0. The van der Waals surface area contributed by atoms with Crippen molar-refractivity contribution >= 4 is 11.6 Å². The number of nitrogen functional groups attached to an aromatic ring is 1. The lowest BCUT2D eigenvalue weighted by molar-refractivity contribution is 0.0730. The first-order valence-electron chi connectivity index (χ1n) is 6.44. The van der Waals surface area contributed by atoms with Gasteiger partial charge < -0.3 is 15.4 Å². The number of rotatable bonds is 3. The molecule has 0 saturated heterocycles. The Labute approximate surface area is 112 Å². The fraction of sp³-hybridized carbons (Fsp3) is 0.500. The Bertz CT molecular complexity index is 485. The highest BCUT2D eigenvalue weighted by Gasteiger charge is 2.26. The molecule has 1 aromatic carbocycles. The first kappa shape index (κ1) is 13.6. The minimum Gasteiger partial charge on any atom is -0.495 e. The minimum absolute atomic E-state index is 0.0143. The van der Waals surface area contributed by atoms with E-state index in [1.165, 1.54) is 13.2 Å². The summed E-state index contributed by atoms with van der Waals surface area (Å²) >= 11 is 0. The van der Waals surface area contributed by atoms with E-state index in [1.807, 2.05) is 0 Å². The molecule has 0 spiro atoms. The number of ether oxygens (including phenoxy) is 1. The van der Waals surface area contributed by atoms with E-state index in [4.69, 9.17) is 10.5 Å². The van der Waals surface area contributed by atoms with Crippen molar-refractivity contribution in [3.63, 3.8) is 0 Å². The van der Waals surface area contributed by atoms with Crippen LogP contribution in [0, 0.1) is 5.82 Å². The quantitative estimate of drug-likeness (QED) is 0.855. The van der Waals surface area contributed by atoms with Gasteiger partial charge in [0.15, 0.2) is 0 Å². The second-order valence-corrected chi connectivity index (χ2v) is 4.93. The summed E-state index contributed by atoms with van der Waals surface area (Å²) in [6.07, 6.45) is 4.21. The number of methoxy groups -OCH3 is 1. The molecule has 104 valence electrons. The molecule has 19 heavy (non-hydrogen) atoms. The number of nitrogens with zero attached hydrogens (tertiary/aromatic N) is 1. The van der Waals surface area contributed by atoms with Crippen LogP contribution in [0.2, 0.25) is 0 Å². The number of anilines is 1. The van der Waals surface area contributed by atoms with Crippen molar-refractivity contribution in [3.8, 4) is 5.75 Å². The van der Waals surface area contributed by atoms with Gasteiger partial charge in [-0.1, -0.05) is 12.8 Å². The van der Waals surface area contributed by atoms with E-state index in [2.05, 4.69) is 0 Å². The molecule has 1 aliphatic carbocycles. The Kier molecular flexibility index (Phi) is 3.93. The number of benzene rings is 1. The summed E-state index contributed by atoms with van der Waals surface area (Å²) in [6, 6.07) is 2.71. The van der Waals surface area contributed by atoms with Crippen LogP contribution in [0.1, 0.15) is 36.0 Å². The zero-order valence-electron chi connectivity index (χ0n) is 11.3. The fourth-order valence-corrected chi connectivity index (χ4v) is 2.56. The monoisotopic (exact) mass is 266 g/mol. The molecule has 1 amide bonds. The summed E-state index contributed by atoms with van der Waals surface area (Å²) in [4.78, 5) is 13.9. The summed E-state index contributed by atoms with van der Waals surface area (Å²) in [6.45, 7) is 0. The first-order valence-corrected chi connectivity index (χ1v) is 6.44. The standard InChI is InChI=1S/C14H19FN2O2/c1-17(9-5-3-4-6-9)14(18)10-7-13(19-2)12(16)8-11(10)15/h7-9H,3-6,16H2,1-2H3. The van der Waals surface area contributed by atoms with Crippen LogP contribution in [0.4, 0.5) is 10.1 Å². The smallest absolute Gasteiger partial charge is 0.256 e. The molecule has 5 heteroatoms. The van der Waals surface area contributed by atoms with Crippen molar-refractivity contribution in [2.24, 2.45) is 0 Å². The van der Waals surface area contributed by atoms with Crippen LogP contribution >= 0.6 is 0 Å². The molecular formula is C14H19FN2O2. The van der Waals surface area contributed by atoms with Crippen molar-refractivity contribution in [2.75, 3.05) is 19.9 Å². The third-order valence-electron chi connectivity index (χ3n) is 3.74. The lowest BCUT2D eigenvalue weighted by atomic mass is 10.1. The summed E-state index contributed by atoms with van der Waals surface area (Å²) in [5.74, 6) is -0.597. The molecule has 0 bridgehead atoms. The number of hydrogen-bond donors (Lipinski definition) is 1. The molecule has 0 aliphatic heterocycles. The maximum atomic E-state index is 13.9. The number of carbonyl (C=O) groups is 1. The molecule has 1 saturated carbocycles. The van der Waals surface area contributed by atoms with Gasteiger partial charge in [-0.2, -0.15) is 0 Å². The van der Waals surface area contributed by atoms with Gasteiger partial charge in [-0.3, -0.25) is 4.79 Å². The minimum atomic E-state index is -0.604. The van der Waals surface area contributed by atoms with Gasteiger partial charge in [-0.15, -0.1) is 0 Å². The lowest BCUT2D eigenvalue weighted by Crippen LogP contribution is -2.35. The van der Waals surface area contributed by atoms with Crippen LogP contribution in [0.25, 0.3) is 0 Å². The van der Waals surface area contributed by atoms with Gasteiger partial charge in [0.05, 0.1) is 18.4 Å². The summed E-state index contributed by atoms with van der Waals surface area (Å²) < 4.78 is 18.9. The zero-order chi connectivity index (χ0) is 14.0. The number of carbonyl (C=O) groups excluding carboxylic acids is 1. The Morgan fingerprint density at radius 3 is 2.63 bits per heavy atom. The molecule has 1 aromatic rings. The molecule has 0 atom stereocenters. The first-order chi connectivity index (χ1) is 9.04. The van der Waals surface area contributed by atoms with Crippen molar-refractivity contribution in [1.29, 1.82) is 0 Å². The number of hydrogen-bond acceptors (Lipinski definition) is 3. The van der Waals surface area contributed by atoms with Crippen molar-refractivity contribution in [1.82, 2.24) is 4.90 Å². The van der Waals surface area contributed by atoms with Crippen LogP contribution < -0.4 is 10.5 Å². The van der Waals surface area contributed by atoms with Gasteiger partial charge >= 0.3 is 0 Å². The largest absolute Gasteiger partial charge is 0.495 e. The van der Waals surface area contributed by atoms with E-state index < -0.39 is 5.82 Å². The maximum Gasteiger partial charge on any atom is 0.256 e. The summed E-state index contributed by atoms with van der Waals surface area (Å²) in [5.41, 5.74) is 5.82. The number of nitrogens with two attached hydrogens (primary N) is 1. The lowest BCUT2D eigenvalue weighted by Gasteiger charge is -2.24. The Morgan fingerprint density at radius 2 is 2.05 bits per heavy atom. The molecule has 2 rings (SSSR count). The van der Waals surface area contributed by atoms with Gasteiger partial charge in [-0.05, 0) is 18.9 Å². The maximum absolute atomic E-state index is 13.9. The van der Waals surface area contributed by atoms with E-state index in [9.17, 15) is 9.18 Å². The van der Waals surface area contributed by atoms with Crippen molar-refractivity contribution in [2.45, 2.75) is 31.7 Å². The highest BCUT2D eigenvalue weighted by Crippen LogP contribution is 2.28. The van der Waals surface area contributed by atoms with E-state index in [0.717, 1.165) is 31.7 Å². The fourth-order valence-electron chi connectivity index (χ4n) is 2.56. The molecule has 0 radical (unpaired) electrons. The average Bonchev–Trinajstić information content (AvgIpc) is 2.91. The molecule has 1 aliphatic rings. The zero-order valence-corrected chi connectivity index (χ0v) is 11.3. The van der Waals surface area contributed by atoms with Crippen LogP contribution in [0.15, 0.2) is 12.1 Å². The van der Waals surface area contributed by atoms with Gasteiger partial charge in [0, 0.05) is 19.2 Å². The highest BCUT2D eigenvalue weighted by molar-refractivity contribution is 5.95. The predicted octanol–water partition coefficient (Wildman–Crippen LogP) is 2.43. The van der Waals surface area contributed by atoms with Crippen LogP contribution in [-0.2, 0) is 0 Å². The van der Waals surface area contributed by atoms with Gasteiger partial charge in [-0.25, -0.2) is 4.39 Å². The van der Waals surface area contributed by atoms with E-state index in [1.54, 1.807) is 11.9 Å². The van der Waals surface area contributed by atoms with Crippen LogP contribution in [0.5, 0.6) is 5.75 Å². The molecule has 1 fully saturated rings. The van der Waals surface area contributed by atoms with Crippen molar-refractivity contribution in [3.05, 3.63) is 23.5 Å². The third-order valence-corrected chi connectivity index (χ3v) is 3.74. The summed E-state index contributed by atoms with van der Waals surface area (Å²) in [7, 11) is 3.17. The molecule has 0 aromatic heterocycles. The van der Waals surface area contributed by atoms with Crippen LogP contribution in [-0.4, -0.2) is 31.0 Å². The van der Waals surface area contributed by atoms with Gasteiger partial charge in [0.2, 0.25) is 0 Å². The molecule has 0 unspecified atom stereocenters. The third kappa shape index (κ3) is 2.64. The van der Waals surface area contributed by atoms with Crippen LogP contribution in [0.3, 0.4) is 0 Å². The highest BCUT2D eigenvalue weighted by atomic mass is 19.1. The molecule has 0 heterocycles. The Hall–Kier alpha value is -1.78. The van der Waals surface area contributed by atoms with Crippen molar-refractivity contribution < 1.29 is 13.9 Å². The molecular weight excluding hydrogens is 247 g/mol. The second kappa shape index (κ2) is 5.47. The SMILES string of the molecule is COc1cc(C(=O)N(C)C2CCCC2)c(F)cc1N. The topological polar surface area (TPSA) is 55.6 Å². The Balaban J connectivity index is 2.27. The van der Waals surface area contributed by atoms with E-state index in [-0.39, 0.29) is 23.2 Å². The second-order valence-electron chi connectivity index (χ2n) is 4.93. The van der Waals surface area contributed by atoms with Gasteiger partial charge in [0.25, 0.3) is 5.91 Å². The number of halogens is 1. The average molecular weight is 266 g/mol. The molecule has 2 N–H and O–H groups in total. The molecule has 4 nitrogen and oxygen atoms in total. The van der Waals surface area contributed by atoms with Gasteiger partial charge in [0.1, 0.15) is 11.6 Å². The number of amides is 1.